The lowest BCUT2D eigenvalue weighted by Crippen LogP contribution is -2.69. The van der Waals surface area contributed by atoms with Crippen LogP contribution in [0.1, 0.15) is 148 Å². The van der Waals surface area contributed by atoms with Gasteiger partial charge in [0.15, 0.2) is 0 Å². The number of oxime groups is 1. The highest BCUT2D eigenvalue weighted by Gasteiger charge is 2.65. The van der Waals surface area contributed by atoms with Crippen molar-refractivity contribution in [2.75, 3.05) is 53.1 Å². The Hall–Kier alpha value is -2.92. The van der Waals surface area contributed by atoms with Crippen molar-refractivity contribution in [2.45, 2.75) is 160 Å². The Kier molecular flexibility index (Phi) is 18.0. The van der Waals surface area contributed by atoms with Gasteiger partial charge < -0.3 is 34.2 Å². The van der Waals surface area contributed by atoms with E-state index in [9.17, 15) is 15.0 Å². The standard InChI is InChI=1S/C48H77N3O7/c1-7-9-10-11-12-13-14-15-16-23-44(54)50(6)43-35-41(49-58-47(3,4)5)39-33-36(21-17-19-29-52)38(22-18-20-30-53)45-40-34-37(55-32-28-51-26-27-51)24-25-42(40)57-48(43,46(39)45)56-31-8-2/h8,24-25,33-34,36,38,43,45-46,52-53H,2,7,9-23,26-32,35H2,1,3-6H3. The molecule has 10 heteroatoms. The number of fused-ring (bicyclic) bond motifs is 2. The van der Waals surface area contributed by atoms with Crippen molar-refractivity contribution in [2.24, 2.45) is 22.9 Å². The molecule has 1 amide bonds. The molecule has 1 saturated heterocycles. The molecule has 0 aromatic heterocycles. The molecule has 2 aliphatic carbocycles. The number of carbonyl (C=O) groups excluding carboxylic acids is 1. The largest absolute Gasteiger partial charge is 0.492 e. The fraction of sp³-hybridized carbons (Fsp3) is 0.750. The molecule has 1 saturated carbocycles. The number of benzene rings is 1. The van der Waals surface area contributed by atoms with E-state index in [1.807, 2.05) is 44.9 Å². The van der Waals surface area contributed by atoms with Crippen molar-refractivity contribution < 1.29 is 34.1 Å². The van der Waals surface area contributed by atoms with Crippen molar-refractivity contribution in [3.8, 4) is 11.5 Å². The quantitative estimate of drug-likeness (QED) is 0.0392. The van der Waals surface area contributed by atoms with Gasteiger partial charge in [-0.1, -0.05) is 88.4 Å². The summed E-state index contributed by atoms with van der Waals surface area (Å²) in [6, 6.07) is 5.72. The minimum Gasteiger partial charge on any atom is -0.492 e. The van der Waals surface area contributed by atoms with E-state index in [0.29, 0.717) is 19.4 Å². The number of aliphatic hydroxyl groups is 2. The van der Waals surface area contributed by atoms with E-state index in [-0.39, 0.29) is 49.4 Å². The molecule has 0 radical (unpaired) electrons. The zero-order chi connectivity index (χ0) is 41.5. The lowest BCUT2D eigenvalue weighted by Gasteiger charge is -2.59. The highest BCUT2D eigenvalue weighted by atomic mass is 16.7. The molecule has 2 aliphatic heterocycles. The second-order valence-electron chi connectivity index (χ2n) is 18.2. The third kappa shape index (κ3) is 12.3. The van der Waals surface area contributed by atoms with Crippen LogP contribution in [-0.2, 0) is 14.4 Å². The van der Waals surface area contributed by atoms with Gasteiger partial charge in [0.25, 0.3) is 0 Å². The fourth-order valence-corrected chi connectivity index (χ4v) is 9.53. The van der Waals surface area contributed by atoms with Gasteiger partial charge in [0.05, 0.1) is 18.2 Å². The predicted molar refractivity (Wildman–Crippen MR) is 232 cm³/mol. The van der Waals surface area contributed by atoms with Crippen LogP contribution >= 0.6 is 0 Å². The first-order valence-electron chi connectivity index (χ1n) is 22.9. The van der Waals surface area contributed by atoms with Gasteiger partial charge in [-0.05, 0) is 88.5 Å². The van der Waals surface area contributed by atoms with Crippen LogP contribution in [0.3, 0.4) is 0 Å². The smallest absolute Gasteiger partial charge is 0.239 e. The Morgan fingerprint density at radius 2 is 1.69 bits per heavy atom. The van der Waals surface area contributed by atoms with Crippen LogP contribution in [-0.4, -0.2) is 102 Å². The fourth-order valence-electron chi connectivity index (χ4n) is 9.53. The zero-order valence-electron chi connectivity index (χ0n) is 36.7. The molecule has 0 spiro atoms. The molecule has 2 heterocycles. The maximum Gasteiger partial charge on any atom is 0.239 e. The van der Waals surface area contributed by atoms with Gasteiger partial charge in [-0.2, -0.15) is 0 Å². The predicted octanol–water partition coefficient (Wildman–Crippen LogP) is 9.19. The molecule has 2 fully saturated rings. The average molecular weight is 808 g/mol. The Morgan fingerprint density at radius 3 is 2.34 bits per heavy atom. The Bertz CT molecular complexity index is 1500. The second-order valence-corrected chi connectivity index (χ2v) is 18.2. The van der Waals surface area contributed by atoms with Crippen LogP contribution in [0.4, 0.5) is 0 Å². The molecule has 326 valence electrons. The van der Waals surface area contributed by atoms with E-state index < -0.39 is 17.4 Å². The number of likely N-dealkylation sites (N-methyl/N-ethyl adjacent to an activating group) is 1. The summed E-state index contributed by atoms with van der Waals surface area (Å²) in [6.07, 6.45) is 20.8. The van der Waals surface area contributed by atoms with Gasteiger partial charge in [0, 0.05) is 64.2 Å². The van der Waals surface area contributed by atoms with Crippen molar-refractivity contribution in [1.82, 2.24) is 9.80 Å². The molecule has 2 N–H and O–H groups in total. The number of aliphatic hydroxyl groups excluding tert-OH is 2. The summed E-state index contributed by atoms with van der Waals surface area (Å²) in [4.78, 5) is 24.8. The molecule has 1 aromatic carbocycles. The first kappa shape index (κ1) is 46.2. The monoisotopic (exact) mass is 808 g/mol. The Labute approximate surface area is 350 Å². The number of ether oxygens (including phenoxy) is 3. The van der Waals surface area contributed by atoms with E-state index in [4.69, 9.17) is 24.2 Å². The third-order valence-corrected chi connectivity index (χ3v) is 12.6. The molecule has 0 bridgehead atoms. The highest BCUT2D eigenvalue weighted by Crippen LogP contribution is 2.62. The van der Waals surface area contributed by atoms with Gasteiger partial charge in [-0.15, -0.1) is 6.58 Å². The molecule has 58 heavy (non-hydrogen) atoms. The number of carbonyl (C=O) groups is 1. The SMILES string of the molecule is C=CCOC12Oc3ccc(OCCN4CC4)cc3C3C(CCCCO)C(CCCCO)C=C(C(=NOC(C)(C)C)CC1N(C)C(=O)CCCCCCCCCCC)C32. The minimum atomic E-state index is -1.23. The summed E-state index contributed by atoms with van der Waals surface area (Å²) in [5.41, 5.74) is 2.45. The van der Waals surface area contributed by atoms with Gasteiger partial charge in [-0.25, -0.2) is 0 Å². The second kappa shape index (κ2) is 22.6. The molecule has 10 nitrogen and oxygen atoms in total. The summed E-state index contributed by atoms with van der Waals surface area (Å²) >= 11 is 0. The summed E-state index contributed by atoms with van der Waals surface area (Å²) < 4.78 is 20.7. The Balaban J connectivity index is 1.57. The number of unbranched alkanes of at least 4 members (excludes halogenated alkanes) is 10. The molecule has 5 rings (SSSR count). The van der Waals surface area contributed by atoms with Crippen LogP contribution < -0.4 is 9.47 Å². The van der Waals surface area contributed by atoms with Crippen LogP contribution in [0.15, 0.2) is 47.7 Å². The zero-order valence-corrected chi connectivity index (χ0v) is 36.7. The summed E-state index contributed by atoms with van der Waals surface area (Å²) in [5, 5.41) is 24.7. The molecule has 4 aliphatic rings. The molecular formula is C48H77N3O7. The third-order valence-electron chi connectivity index (χ3n) is 12.6. The van der Waals surface area contributed by atoms with Crippen molar-refractivity contribution in [3.05, 3.63) is 48.1 Å². The number of hydrogen-bond acceptors (Lipinski definition) is 9. The van der Waals surface area contributed by atoms with E-state index in [1.165, 1.54) is 38.5 Å². The number of rotatable bonds is 27. The Morgan fingerprint density at radius 1 is 1.00 bits per heavy atom. The van der Waals surface area contributed by atoms with Gasteiger partial charge in [0.2, 0.25) is 11.7 Å². The minimum absolute atomic E-state index is 0.0643. The van der Waals surface area contributed by atoms with Crippen molar-refractivity contribution in [1.29, 1.82) is 0 Å². The lowest BCUT2D eigenvalue weighted by molar-refractivity contribution is -0.255. The normalized spacial score (nSPS) is 25.7. The van der Waals surface area contributed by atoms with E-state index >= 15 is 0 Å². The first-order chi connectivity index (χ1) is 28.1. The first-order valence-corrected chi connectivity index (χ1v) is 22.9. The average Bonchev–Trinajstić information content (AvgIpc) is 4.04. The number of hydrogen-bond donors (Lipinski definition) is 2. The number of amides is 1. The van der Waals surface area contributed by atoms with E-state index in [1.54, 1.807) is 6.08 Å². The van der Waals surface area contributed by atoms with E-state index in [0.717, 1.165) is 106 Å². The lowest BCUT2D eigenvalue weighted by atomic mass is 9.55. The van der Waals surface area contributed by atoms with Crippen LogP contribution in [0.25, 0.3) is 0 Å². The topological polar surface area (TPSA) is 113 Å². The van der Waals surface area contributed by atoms with Crippen LogP contribution in [0.5, 0.6) is 11.5 Å². The van der Waals surface area contributed by atoms with Crippen LogP contribution in [0, 0.1) is 17.8 Å². The number of nitrogens with zero attached hydrogens (tertiary/aromatic N) is 3. The molecule has 1 aromatic rings. The molecule has 6 unspecified atom stereocenters. The van der Waals surface area contributed by atoms with Gasteiger partial charge in [0.1, 0.15) is 29.7 Å². The van der Waals surface area contributed by atoms with Gasteiger partial charge >= 0.3 is 0 Å². The maximum absolute atomic E-state index is 14.3. The summed E-state index contributed by atoms with van der Waals surface area (Å²) in [6.45, 7) is 16.6. The summed E-state index contributed by atoms with van der Waals surface area (Å²) in [5.74, 6) is 0.395. The maximum atomic E-state index is 14.3. The number of allylic oxidation sites excluding steroid dienone is 1. The van der Waals surface area contributed by atoms with Crippen LogP contribution in [0.2, 0.25) is 0 Å². The molecule has 6 atom stereocenters. The van der Waals surface area contributed by atoms with Crippen molar-refractivity contribution in [3.63, 3.8) is 0 Å². The van der Waals surface area contributed by atoms with E-state index in [2.05, 4.69) is 30.5 Å². The van der Waals surface area contributed by atoms with Gasteiger partial charge in [-0.3, -0.25) is 9.69 Å². The highest BCUT2D eigenvalue weighted by molar-refractivity contribution is 6.03. The van der Waals surface area contributed by atoms with Crippen molar-refractivity contribution >= 4 is 11.6 Å². The molecular weight excluding hydrogens is 731 g/mol. The summed E-state index contributed by atoms with van der Waals surface area (Å²) in [7, 11) is 1.91.